The van der Waals surface area contributed by atoms with E-state index >= 15 is 0 Å². The largest absolute Gasteiger partial charge is 0.309 e. The first kappa shape index (κ1) is 16.9. The highest BCUT2D eigenvalue weighted by Gasteiger charge is 2.11. The Bertz CT molecular complexity index is 559. The lowest BCUT2D eigenvalue weighted by Gasteiger charge is -2.19. The van der Waals surface area contributed by atoms with Crippen molar-refractivity contribution in [1.82, 2.24) is 5.32 Å². The van der Waals surface area contributed by atoms with E-state index in [1.165, 1.54) is 10.5 Å². The van der Waals surface area contributed by atoms with Crippen LogP contribution in [0.25, 0.3) is 0 Å². The quantitative estimate of drug-likeness (QED) is 0.593. The molecule has 4 heteroatoms. The van der Waals surface area contributed by atoms with Gasteiger partial charge in [-0.15, -0.1) is 11.8 Å². The third-order valence-electron chi connectivity index (χ3n) is 3.12. The van der Waals surface area contributed by atoms with E-state index < -0.39 is 0 Å². The smallest absolute Gasteiger partial charge is 0.0415 e. The molecule has 1 nitrogen and oxygen atoms in total. The van der Waals surface area contributed by atoms with Gasteiger partial charge >= 0.3 is 0 Å². The summed E-state index contributed by atoms with van der Waals surface area (Å²) >= 11 is 11.4. The molecule has 0 saturated heterocycles. The third kappa shape index (κ3) is 5.67. The molecular formula is C17H19BrClNS. The molecule has 2 aromatic carbocycles. The highest BCUT2D eigenvalue weighted by molar-refractivity contribution is 9.10. The van der Waals surface area contributed by atoms with Gasteiger partial charge in [0.2, 0.25) is 0 Å². The molecular weight excluding hydrogens is 366 g/mol. The Labute approximate surface area is 144 Å². The fourth-order valence-corrected chi connectivity index (χ4v) is 3.49. The van der Waals surface area contributed by atoms with E-state index in [0.717, 1.165) is 28.2 Å². The molecule has 0 aliphatic carbocycles. The summed E-state index contributed by atoms with van der Waals surface area (Å²) in [6.45, 7) is 3.20. The second-order valence-corrected chi connectivity index (χ2v) is 7.27. The Kier molecular flexibility index (Phi) is 7.11. The van der Waals surface area contributed by atoms with E-state index in [0.29, 0.717) is 6.04 Å². The standard InChI is InChI=1S/C17H19BrClNS/c1-2-10-20-17(13-4-3-5-15(19)11-13)12-21-16-8-6-14(18)7-9-16/h3-9,11,17,20H,2,10,12H2,1H3. The molecule has 0 saturated carbocycles. The van der Waals surface area contributed by atoms with Crippen molar-refractivity contribution < 1.29 is 0 Å². The van der Waals surface area contributed by atoms with Crippen molar-refractivity contribution in [2.45, 2.75) is 24.3 Å². The van der Waals surface area contributed by atoms with Crippen molar-refractivity contribution in [3.63, 3.8) is 0 Å². The average Bonchev–Trinajstić information content (AvgIpc) is 2.49. The van der Waals surface area contributed by atoms with Gasteiger partial charge in [0.05, 0.1) is 0 Å². The number of halogens is 2. The van der Waals surface area contributed by atoms with E-state index in [1.54, 1.807) is 0 Å². The summed E-state index contributed by atoms with van der Waals surface area (Å²) in [5, 5.41) is 4.40. The van der Waals surface area contributed by atoms with E-state index in [4.69, 9.17) is 11.6 Å². The summed E-state index contributed by atoms with van der Waals surface area (Å²) in [6, 6.07) is 16.9. The lowest BCUT2D eigenvalue weighted by atomic mass is 10.1. The van der Waals surface area contributed by atoms with Gasteiger partial charge < -0.3 is 5.32 Å². The van der Waals surface area contributed by atoms with Gasteiger partial charge in [-0.2, -0.15) is 0 Å². The Balaban J connectivity index is 2.04. The molecule has 21 heavy (non-hydrogen) atoms. The van der Waals surface area contributed by atoms with Crippen molar-refractivity contribution in [3.8, 4) is 0 Å². The van der Waals surface area contributed by atoms with Gasteiger partial charge in [0, 0.05) is 26.2 Å². The molecule has 2 aromatic rings. The zero-order valence-corrected chi connectivity index (χ0v) is 15.1. The van der Waals surface area contributed by atoms with Gasteiger partial charge in [-0.1, -0.05) is 46.6 Å². The Morgan fingerprint density at radius 3 is 2.62 bits per heavy atom. The van der Waals surface area contributed by atoms with Crippen LogP contribution >= 0.6 is 39.3 Å². The second-order valence-electron chi connectivity index (χ2n) is 4.83. The minimum Gasteiger partial charge on any atom is -0.309 e. The van der Waals surface area contributed by atoms with Crippen molar-refractivity contribution in [2.75, 3.05) is 12.3 Å². The summed E-state index contributed by atoms with van der Waals surface area (Å²) in [5.41, 5.74) is 1.25. The van der Waals surface area contributed by atoms with Crippen LogP contribution < -0.4 is 5.32 Å². The predicted octanol–water partition coefficient (Wildman–Crippen LogP) is 5.94. The Morgan fingerprint density at radius 1 is 1.19 bits per heavy atom. The summed E-state index contributed by atoms with van der Waals surface area (Å²) < 4.78 is 1.11. The van der Waals surface area contributed by atoms with Crippen LogP contribution in [0.4, 0.5) is 0 Å². The second kappa shape index (κ2) is 8.84. The zero-order chi connectivity index (χ0) is 15.1. The minimum absolute atomic E-state index is 0.317. The molecule has 1 atom stereocenters. The number of benzene rings is 2. The number of hydrogen-bond donors (Lipinski definition) is 1. The van der Waals surface area contributed by atoms with Crippen LogP contribution in [0, 0.1) is 0 Å². The molecule has 0 fully saturated rings. The first-order chi connectivity index (χ1) is 10.2. The van der Waals surface area contributed by atoms with Gasteiger partial charge in [0.15, 0.2) is 0 Å². The number of nitrogens with one attached hydrogen (secondary N) is 1. The van der Waals surface area contributed by atoms with Crippen LogP contribution in [0.2, 0.25) is 5.02 Å². The van der Waals surface area contributed by atoms with Crippen molar-refractivity contribution in [3.05, 3.63) is 63.6 Å². The van der Waals surface area contributed by atoms with Crippen LogP contribution in [0.15, 0.2) is 57.9 Å². The molecule has 112 valence electrons. The van der Waals surface area contributed by atoms with Gasteiger partial charge in [-0.25, -0.2) is 0 Å². The minimum atomic E-state index is 0.317. The SMILES string of the molecule is CCCNC(CSc1ccc(Br)cc1)c1cccc(Cl)c1. The highest BCUT2D eigenvalue weighted by Crippen LogP contribution is 2.27. The van der Waals surface area contributed by atoms with Crippen LogP contribution in [0.3, 0.4) is 0 Å². The molecule has 0 heterocycles. The van der Waals surface area contributed by atoms with Gasteiger partial charge in [-0.05, 0) is 54.9 Å². The van der Waals surface area contributed by atoms with Crippen molar-refractivity contribution >= 4 is 39.3 Å². The average molecular weight is 385 g/mol. The van der Waals surface area contributed by atoms with Crippen LogP contribution in [-0.2, 0) is 0 Å². The first-order valence-corrected chi connectivity index (χ1v) is 9.22. The Morgan fingerprint density at radius 2 is 1.95 bits per heavy atom. The highest BCUT2D eigenvalue weighted by atomic mass is 79.9. The van der Waals surface area contributed by atoms with Gasteiger partial charge in [0.1, 0.15) is 0 Å². The normalized spacial score (nSPS) is 12.3. The van der Waals surface area contributed by atoms with Crippen LogP contribution in [0.1, 0.15) is 24.9 Å². The molecule has 1 unspecified atom stereocenters. The van der Waals surface area contributed by atoms with E-state index in [9.17, 15) is 0 Å². The molecule has 0 aliphatic rings. The van der Waals surface area contributed by atoms with Crippen LogP contribution in [-0.4, -0.2) is 12.3 Å². The summed E-state index contributed by atoms with van der Waals surface area (Å²) in [6.07, 6.45) is 1.13. The zero-order valence-electron chi connectivity index (χ0n) is 12.0. The maximum atomic E-state index is 6.12. The summed E-state index contributed by atoms with van der Waals surface area (Å²) in [5.74, 6) is 0.988. The molecule has 0 amide bonds. The van der Waals surface area contributed by atoms with Crippen molar-refractivity contribution in [2.24, 2.45) is 0 Å². The van der Waals surface area contributed by atoms with Gasteiger partial charge in [0.25, 0.3) is 0 Å². The number of thioether (sulfide) groups is 1. The first-order valence-electron chi connectivity index (χ1n) is 7.06. The maximum absolute atomic E-state index is 6.12. The molecule has 2 rings (SSSR count). The molecule has 1 N–H and O–H groups in total. The maximum Gasteiger partial charge on any atom is 0.0415 e. The Hall–Kier alpha value is -0.480. The summed E-state index contributed by atoms with van der Waals surface area (Å²) in [7, 11) is 0. The lowest BCUT2D eigenvalue weighted by Crippen LogP contribution is -2.24. The van der Waals surface area contributed by atoms with E-state index in [2.05, 4.69) is 64.6 Å². The van der Waals surface area contributed by atoms with Crippen molar-refractivity contribution in [1.29, 1.82) is 0 Å². The molecule has 0 aliphatic heterocycles. The predicted molar refractivity (Wildman–Crippen MR) is 97.4 cm³/mol. The van der Waals surface area contributed by atoms with Gasteiger partial charge in [-0.3, -0.25) is 0 Å². The topological polar surface area (TPSA) is 12.0 Å². The fourth-order valence-electron chi connectivity index (χ4n) is 2.03. The van der Waals surface area contributed by atoms with Crippen LogP contribution in [0.5, 0.6) is 0 Å². The fraction of sp³-hybridized carbons (Fsp3) is 0.294. The lowest BCUT2D eigenvalue weighted by molar-refractivity contribution is 0.577. The molecule has 0 spiro atoms. The number of hydrogen-bond acceptors (Lipinski definition) is 2. The van der Waals surface area contributed by atoms with E-state index in [-0.39, 0.29) is 0 Å². The number of rotatable bonds is 7. The molecule has 0 bridgehead atoms. The molecule has 0 radical (unpaired) electrons. The molecule has 0 aromatic heterocycles. The van der Waals surface area contributed by atoms with E-state index in [1.807, 2.05) is 23.9 Å². The summed E-state index contributed by atoms with van der Waals surface area (Å²) in [4.78, 5) is 1.28. The monoisotopic (exact) mass is 383 g/mol. The third-order valence-corrected chi connectivity index (χ3v) is 4.99.